The molecule has 2 heteroatoms. The Labute approximate surface area is 82.9 Å². The van der Waals surface area contributed by atoms with Crippen LogP contribution < -0.4 is 5.32 Å². The highest BCUT2D eigenvalue weighted by Crippen LogP contribution is 2.29. The molecule has 1 fully saturated rings. The Balaban J connectivity index is 1.81. The Hall–Kier alpha value is -1.44. The van der Waals surface area contributed by atoms with Gasteiger partial charge in [-0.3, -0.25) is 0 Å². The van der Waals surface area contributed by atoms with Gasteiger partial charge in [-0.25, -0.2) is 0 Å². The summed E-state index contributed by atoms with van der Waals surface area (Å²) in [5, 5.41) is 4.60. The lowest BCUT2D eigenvalue weighted by molar-refractivity contribution is 0.616. The Morgan fingerprint density at radius 3 is 3.07 bits per heavy atom. The average Bonchev–Trinajstić information content (AvgIpc) is 2.92. The summed E-state index contributed by atoms with van der Waals surface area (Å²) in [6, 6.07) is 8.26. The van der Waals surface area contributed by atoms with Crippen molar-refractivity contribution in [2.75, 3.05) is 11.9 Å². The Morgan fingerprint density at radius 1 is 1.29 bits per heavy atom. The van der Waals surface area contributed by atoms with Crippen molar-refractivity contribution >= 4 is 16.7 Å². The number of nitrogens with one attached hydrogen (secondary N) is 1. The number of rotatable bonds is 3. The van der Waals surface area contributed by atoms with E-state index in [-0.39, 0.29) is 0 Å². The second kappa shape index (κ2) is 3.05. The SMILES string of the molecule is c1cc2ccc(NCC3CC3)cc2o1. The lowest BCUT2D eigenvalue weighted by Gasteiger charge is -2.04. The molecule has 0 unspecified atom stereocenters. The van der Waals surface area contributed by atoms with Crippen molar-refractivity contribution in [1.29, 1.82) is 0 Å². The normalized spacial score (nSPS) is 16.0. The molecule has 0 saturated heterocycles. The standard InChI is InChI=1S/C12H13NO/c1-2-9(1)8-13-11-4-3-10-5-6-14-12(10)7-11/h3-7,9,13H,1-2,8H2. The topological polar surface area (TPSA) is 25.2 Å². The maximum Gasteiger partial charge on any atom is 0.135 e. The fourth-order valence-electron chi connectivity index (χ4n) is 1.65. The van der Waals surface area contributed by atoms with Gasteiger partial charge in [-0.2, -0.15) is 0 Å². The fourth-order valence-corrected chi connectivity index (χ4v) is 1.65. The maximum atomic E-state index is 5.34. The molecular formula is C12H13NO. The highest BCUT2D eigenvalue weighted by Gasteiger charge is 2.20. The molecule has 1 saturated carbocycles. The van der Waals surface area contributed by atoms with Crippen LogP contribution in [0.3, 0.4) is 0 Å². The summed E-state index contributed by atoms with van der Waals surface area (Å²) in [5.74, 6) is 0.905. The van der Waals surface area contributed by atoms with Crippen LogP contribution in [-0.2, 0) is 0 Å². The van der Waals surface area contributed by atoms with E-state index in [4.69, 9.17) is 4.42 Å². The van der Waals surface area contributed by atoms with Crippen LogP contribution in [0, 0.1) is 5.92 Å². The molecule has 72 valence electrons. The van der Waals surface area contributed by atoms with Gasteiger partial charge in [0.1, 0.15) is 5.58 Å². The van der Waals surface area contributed by atoms with Crippen molar-refractivity contribution in [3.63, 3.8) is 0 Å². The number of furan rings is 1. The number of hydrogen-bond donors (Lipinski definition) is 1. The van der Waals surface area contributed by atoms with Gasteiger partial charge in [-0.1, -0.05) is 0 Å². The highest BCUT2D eigenvalue weighted by atomic mass is 16.3. The van der Waals surface area contributed by atoms with Gasteiger partial charge < -0.3 is 9.73 Å². The van der Waals surface area contributed by atoms with Crippen LogP contribution in [0.4, 0.5) is 5.69 Å². The summed E-state index contributed by atoms with van der Waals surface area (Å²) in [6.07, 6.45) is 4.50. The zero-order chi connectivity index (χ0) is 9.38. The van der Waals surface area contributed by atoms with Crippen LogP contribution in [0.1, 0.15) is 12.8 Å². The minimum atomic E-state index is 0.905. The lowest BCUT2D eigenvalue weighted by atomic mass is 10.2. The second-order valence-corrected chi connectivity index (χ2v) is 4.00. The summed E-state index contributed by atoms with van der Waals surface area (Å²) < 4.78 is 5.34. The van der Waals surface area contributed by atoms with E-state index in [1.54, 1.807) is 6.26 Å². The minimum Gasteiger partial charge on any atom is -0.464 e. The van der Waals surface area contributed by atoms with Crippen LogP contribution >= 0.6 is 0 Å². The van der Waals surface area contributed by atoms with Gasteiger partial charge in [-0.05, 0) is 37.0 Å². The molecule has 1 aliphatic carbocycles. The Bertz CT molecular complexity index is 442. The van der Waals surface area contributed by atoms with E-state index in [1.165, 1.54) is 23.9 Å². The zero-order valence-corrected chi connectivity index (χ0v) is 7.99. The van der Waals surface area contributed by atoms with Gasteiger partial charge in [-0.15, -0.1) is 0 Å². The maximum absolute atomic E-state index is 5.34. The molecule has 2 nitrogen and oxygen atoms in total. The molecule has 1 aromatic heterocycles. The fraction of sp³-hybridized carbons (Fsp3) is 0.333. The van der Waals surface area contributed by atoms with E-state index in [9.17, 15) is 0 Å². The minimum absolute atomic E-state index is 0.905. The van der Waals surface area contributed by atoms with Crippen molar-refractivity contribution < 1.29 is 4.42 Å². The van der Waals surface area contributed by atoms with Gasteiger partial charge in [0.25, 0.3) is 0 Å². The first-order valence-electron chi connectivity index (χ1n) is 5.13. The molecule has 1 aromatic carbocycles. The summed E-state index contributed by atoms with van der Waals surface area (Å²) in [5.41, 5.74) is 2.13. The summed E-state index contributed by atoms with van der Waals surface area (Å²) >= 11 is 0. The number of fused-ring (bicyclic) bond motifs is 1. The van der Waals surface area contributed by atoms with Crippen LogP contribution in [0.15, 0.2) is 34.9 Å². The predicted molar refractivity (Wildman–Crippen MR) is 57.4 cm³/mol. The molecule has 2 aromatic rings. The molecule has 0 atom stereocenters. The van der Waals surface area contributed by atoms with Gasteiger partial charge in [0, 0.05) is 23.7 Å². The molecular weight excluding hydrogens is 174 g/mol. The van der Waals surface area contributed by atoms with Crippen LogP contribution in [0.2, 0.25) is 0 Å². The summed E-state index contributed by atoms with van der Waals surface area (Å²) in [7, 11) is 0. The van der Waals surface area contributed by atoms with Crippen molar-refractivity contribution in [3.8, 4) is 0 Å². The Morgan fingerprint density at radius 2 is 2.21 bits per heavy atom. The predicted octanol–water partition coefficient (Wildman–Crippen LogP) is 3.25. The molecule has 3 rings (SSSR count). The van der Waals surface area contributed by atoms with Gasteiger partial charge in [0.05, 0.1) is 6.26 Å². The van der Waals surface area contributed by atoms with Gasteiger partial charge in [0.15, 0.2) is 0 Å². The van der Waals surface area contributed by atoms with Crippen LogP contribution in [0.25, 0.3) is 11.0 Å². The first-order valence-corrected chi connectivity index (χ1v) is 5.13. The average molecular weight is 187 g/mol. The number of anilines is 1. The van der Waals surface area contributed by atoms with Crippen LogP contribution in [-0.4, -0.2) is 6.54 Å². The van der Waals surface area contributed by atoms with E-state index in [0.29, 0.717) is 0 Å². The third kappa shape index (κ3) is 1.48. The molecule has 14 heavy (non-hydrogen) atoms. The quantitative estimate of drug-likeness (QED) is 0.797. The van der Waals surface area contributed by atoms with Crippen molar-refractivity contribution in [2.24, 2.45) is 5.92 Å². The number of hydrogen-bond acceptors (Lipinski definition) is 2. The third-order valence-corrected chi connectivity index (χ3v) is 2.75. The lowest BCUT2D eigenvalue weighted by Crippen LogP contribution is -2.02. The van der Waals surface area contributed by atoms with Crippen molar-refractivity contribution in [1.82, 2.24) is 0 Å². The smallest absolute Gasteiger partial charge is 0.135 e. The molecule has 1 N–H and O–H groups in total. The van der Waals surface area contributed by atoms with Gasteiger partial charge >= 0.3 is 0 Å². The van der Waals surface area contributed by atoms with E-state index < -0.39 is 0 Å². The first kappa shape index (κ1) is 7.92. The van der Waals surface area contributed by atoms with Gasteiger partial charge in [0.2, 0.25) is 0 Å². The second-order valence-electron chi connectivity index (χ2n) is 4.00. The van der Waals surface area contributed by atoms with Crippen molar-refractivity contribution in [3.05, 3.63) is 30.5 Å². The van der Waals surface area contributed by atoms with E-state index >= 15 is 0 Å². The summed E-state index contributed by atoms with van der Waals surface area (Å²) in [6.45, 7) is 1.10. The molecule has 1 aliphatic rings. The molecule has 0 aliphatic heterocycles. The van der Waals surface area contributed by atoms with Crippen molar-refractivity contribution in [2.45, 2.75) is 12.8 Å². The molecule has 0 spiro atoms. The third-order valence-electron chi connectivity index (χ3n) is 2.75. The molecule has 0 amide bonds. The molecule has 0 bridgehead atoms. The van der Waals surface area contributed by atoms with E-state index in [1.807, 2.05) is 6.07 Å². The monoisotopic (exact) mass is 187 g/mol. The zero-order valence-electron chi connectivity index (χ0n) is 7.99. The first-order chi connectivity index (χ1) is 6.92. The van der Waals surface area contributed by atoms with E-state index in [2.05, 4.69) is 23.5 Å². The number of benzene rings is 1. The highest BCUT2D eigenvalue weighted by molar-refractivity contribution is 5.80. The molecule has 0 radical (unpaired) electrons. The summed E-state index contributed by atoms with van der Waals surface area (Å²) in [4.78, 5) is 0. The molecule has 1 heterocycles. The largest absolute Gasteiger partial charge is 0.464 e. The van der Waals surface area contributed by atoms with Crippen LogP contribution in [0.5, 0.6) is 0 Å². The Kier molecular flexibility index (Phi) is 1.72. The van der Waals surface area contributed by atoms with E-state index in [0.717, 1.165) is 18.0 Å².